The van der Waals surface area contributed by atoms with Crippen LogP contribution in [0, 0.1) is 0 Å². The van der Waals surface area contributed by atoms with Gasteiger partial charge in [0.25, 0.3) is 0 Å². The van der Waals surface area contributed by atoms with E-state index in [2.05, 4.69) is 20.5 Å². The minimum absolute atomic E-state index is 0.221. The van der Waals surface area contributed by atoms with Gasteiger partial charge in [-0.3, -0.25) is 9.89 Å². The number of hydrogen-bond acceptors (Lipinski definition) is 5. The molecule has 8 nitrogen and oxygen atoms in total. The SMILES string of the molecule is CN=C(NCCc1ccco1)NCCN1CCN(C(=O)OC(C)(C)C)CC1. The molecular weight excluding hydrogens is 346 g/mol. The second kappa shape index (κ2) is 10.2. The van der Waals surface area contributed by atoms with Crippen molar-refractivity contribution in [2.45, 2.75) is 32.8 Å². The highest BCUT2D eigenvalue weighted by Gasteiger charge is 2.25. The molecule has 1 fully saturated rings. The van der Waals surface area contributed by atoms with Crippen molar-refractivity contribution >= 4 is 12.1 Å². The quantitative estimate of drug-likeness (QED) is 0.576. The smallest absolute Gasteiger partial charge is 0.410 e. The lowest BCUT2D eigenvalue weighted by Gasteiger charge is -2.35. The highest BCUT2D eigenvalue weighted by Crippen LogP contribution is 2.11. The standard InChI is InChI=1S/C19H33N5O3/c1-19(2,3)27-18(25)24-13-11-23(12-14-24)10-9-22-17(20-4)21-8-7-16-6-5-15-26-16/h5-6,15H,7-14H2,1-4H3,(H2,20,21,22). The van der Waals surface area contributed by atoms with E-state index in [4.69, 9.17) is 9.15 Å². The van der Waals surface area contributed by atoms with Gasteiger partial charge in [-0.2, -0.15) is 0 Å². The number of carbonyl (C=O) groups excluding carboxylic acids is 1. The summed E-state index contributed by atoms with van der Waals surface area (Å²) in [6, 6.07) is 3.86. The van der Waals surface area contributed by atoms with Crippen LogP contribution >= 0.6 is 0 Å². The molecule has 1 aromatic rings. The molecule has 152 valence electrons. The Hall–Kier alpha value is -2.22. The first-order valence-electron chi connectivity index (χ1n) is 9.54. The van der Waals surface area contributed by atoms with Gasteiger partial charge in [0.1, 0.15) is 11.4 Å². The van der Waals surface area contributed by atoms with Gasteiger partial charge in [0.2, 0.25) is 0 Å². The van der Waals surface area contributed by atoms with E-state index in [0.29, 0.717) is 13.1 Å². The first-order chi connectivity index (χ1) is 12.9. The molecule has 0 atom stereocenters. The number of rotatable bonds is 6. The number of aliphatic imine (C=N–C) groups is 1. The lowest BCUT2D eigenvalue weighted by molar-refractivity contribution is 0.0147. The summed E-state index contributed by atoms with van der Waals surface area (Å²) < 4.78 is 10.7. The van der Waals surface area contributed by atoms with Gasteiger partial charge in [-0.05, 0) is 32.9 Å². The summed E-state index contributed by atoms with van der Waals surface area (Å²) in [5.41, 5.74) is -0.446. The van der Waals surface area contributed by atoms with Crippen LogP contribution in [0.4, 0.5) is 4.79 Å². The number of hydrogen-bond donors (Lipinski definition) is 2. The summed E-state index contributed by atoms with van der Waals surface area (Å²) >= 11 is 0. The van der Waals surface area contributed by atoms with Gasteiger partial charge in [-0.1, -0.05) is 0 Å². The number of ether oxygens (including phenoxy) is 1. The Kier molecular flexibility index (Phi) is 7.97. The van der Waals surface area contributed by atoms with Crippen LogP contribution in [0.25, 0.3) is 0 Å². The summed E-state index contributed by atoms with van der Waals surface area (Å²) in [4.78, 5) is 20.4. The zero-order valence-electron chi connectivity index (χ0n) is 17.0. The first-order valence-corrected chi connectivity index (χ1v) is 9.54. The summed E-state index contributed by atoms with van der Waals surface area (Å²) in [5, 5.41) is 6.60. The predicted octanol–water partition coefficient (Wildman–Crippen LogP) is 1.54. The van der Waals surface area contributed by atoms with Crippen LogP contribution in [-0.4, -0.2) is 80.3 Å². The molecule has 0 unspecified atom stereocenters. The Labute approximate surface area is 161 Å². The fourth-order valence-electron chi connectivity index (χ4n) is 2.79. The molecule has 0 saturated carbocycles. The average Bonchev–Trinajstić information content (AvgIpc) is 3.13. The van der Waals surface area contributed by atoms with Crippen molar-refractivity contribution in [3.05, 3.63) is 24.2 Å². The van der Waals surface area contributed by atoms with Crippen LogP contribution in [0.5, 0.6) is 0 Å². The van der Waals surface area contributed by atoms with E-state index < -0.39 is 5.60 Å². The summed E-state index contributed by atoms with van der Waals surface area (Å²) in [5.74, 6) is 1.75. The van der Waals surface area contributed by atoms with E-state index in [-0.39, 0.29) is 6.09 Å². The van der Waals surface area contributed by atoms with Crippen molar-refractivity contribution in [2.24, 2.45) is 4.99 Å². The van der Waals surface area contributed by atoms with Gasteiger partial charge in [-0.15, -0.1) is 0 Å². The van der Waals surface area contributed by atoms with E-state index in [1.807, 2.05) is 32.9 Å². The van der Waals surface area contributed by atoms with Crippen molar-refractivity contribution in [3.8, 4) is 0 Å². The monoisotopic (exact) mass is 379 g/mol. The van der Waals surface area contributed by atoms with Gasteiger partial charge < -0.3 is 24.7 Å². The predicted molar refractivity (Wildman–Crippen MR) is 106 cm³/mol. The van der Waals surface area contributed by atoms with Crippen molar-refractivity contribution in [1.29, 1.82) is 0 Å². The molecule has 0 radical (unpaired) electrons. The molecule has 0 bridgehead atoms. The maximum Gasteiger partial charge on any atom is 0.410 e. The van der Waals surface area contributed by atoms with Crippen molar-refractivity contribution in [2.75, 3.05) is 52.9 Å². The lowest BCUT2D eigenvalue weighted by atomic mass is 10.2. The minimum Gasteiger partial charge on any atom is -0.469 e. The molecule has 1 saturated heterocycles. The molecule has 0 spiro atoms. The lowest BCUT2D eigenvalue weighted by Crippen LogP contribution is -2.51. The van der Waals surface area contributed by atoms with Gasteiger partial charge in [0.05, 0.1) is 6.26 Å². The van der Waals surface area contributed by atoms with E-state index in [1.165, 1.54) is 0 Å². The number of nitrogens with zero attached hydrogens (tertiary/aromatic N) is 3. The average molecular weight is 380 g/mol. The Morgan fingerprint density at radius 2 is 1.93 bits per heavy atom. The topological polar surface area (TPSA) is 82.3 Å². The Balaban J connectivity index is 1.59. The molecule has 2 rings (SSSR count). The number of furan rings is 1. The molecule has 1 aromatic heterocycles. The number of amides is 1. The fraction of sp³-hybridized carbons (Fsp3) is 0.684. The van der Waals surface area contributed by atoms with E-state index in [9.17, 15) is 4.79 Å². The van der Waals surface area contributed by atoms with Gasteiger partial charge in [-0.25, -0.2) is 4.79 Å². The Morgan fingerprint density at radius 3 is 2.52 bits per heavy atom. The zero-order valence-corrected chi connectivity index (χ0v) is 17.0. The molecule has 0 aromatic carbocycles. The van der Waals surface area contributed by atoms with E-state index in [0.717, 1.165) is 50.9 Å². The third-order valence-electron chi connectivity index (χ3n) is 4.21. The van der Waals surface area contributed by atoms with Crippen LogP contribution < -0.4 is 10.6 Å². The summed E-state index contributed by atoms with van der Waals surface area (Å²) in [6.07, 6.45) is 2.28. The largest absolute Gasteiger partial charge is 0.469 e. The van der Waals surface area contributed by atoms with Crippen LogP contribution in [0.15, 0.2) is 27.8 Å². The highest BCUT2D eigenvalue weighted by atomic mass is 16.6. The highest BCUT2D eigenvalue weighted by molar-refractivity contribution is 5.79. The zero-order chi connectivity index (χ0) is 19.7. The summed E-state index contributed by atoms with van der Waals surface area (Å²) in [6.45, 7) is 11.2. The molecule has 27 heavy (non-hydrogen) atoms. The normalized spacial score (nSPS) is 16.3. The van der Waals surface area contributed by atoms with Gasteiger partial charge in [0.15, 0.2) is 5.96 Å². The van der Waals surface area contributed by atoms with E-state index >= 15 is 0 Å². The fourth-order valence-corrected chi connectivity index (χ4v) is 2.79. The minimum atomic E-state index is -0.446. The number of nitrogens with one attached hydrogen (secondary N) is 2. The maximum absolute atomic E-state index is 12.1. The molecule has 2 N–H and O–H groups in total. The number of guanidine groups is 1. The first kappa shape index (κ1) is 21.1. The Morgan fingerprint density at radius 1 is 1.22 bits per heavy atom. The third kappa shape index (κ3) is 7.90. The molecular formula is C19H33N5O3. The maximum atomic E-state index is 12.1. The molecule has 1 aliphatic heterocycles. The van der Waals surface area contributed by atoms with Crippen LogP contribution in [0.1, 0.15) is 26.5 Å². The van der Waals surface area contributed by atoms with Crippen molar-refractivity contribution < 1.29 is 13.9 Å². The second-order valence-corrected chi connectivity index (χ2v) is 7.56. The molecule has 1 aliphatic rings. The molecule has 2 heterocycles. The number of carbonyl (C=O) groups is 1. The molecule has 0 aliphatic carbocycles. The van der Waals surface area contributed by atoms with Crippen molar-refractivity contribution in [1.82, 2.24) is 20.4 Å². The van der Waals surface area contributed by atoms with Gasteiger partial charge >= 0.3 is 6.09 Å². The van der Waals surface area contributed by atoms with E-state index in [1.54, 1.807) is 18.2 Å². The molecule has 1 amide bonds. The van der Waals surface area contributed by atoms with Gasteiger partial charge in [0, 0.05) is 59.3 Å². The third-order valence-corrected chi connectivity index (χ3v) is 4.21. The van der Waals surface area contributed by atoms with Crippen LogP contribution in [0.2, 0.25) is 0 Å². The van der Waals surface area contributed by atoms with Crippen LogP contribution in [-0.2, 0) is 11.2 Å². The molecule has 8 heteroatoms. The number of piperazine rings is 1. The van der Waals surface area contributed by atoms with Crippen molar-refractivity contribution in [3.63, 3.8) is 0 Å². The van der Waals surface area contributed by atoms with Crippen LogP contribution in [0.3, 0.4) is 0 Å². The Bertz CT molecular complexity index is 587. The summed E-state index contributed by atoms with van der Waals surface area (Å²) in [7, 11) is 1.77. The second-order valence-electron chi connectivity index (χ2n) is 7.56.